The number of nitrogens with one attached hydrogen (secondary N) is 2. The van der Waals surface area contributed by atoms with Crippen molar-refractivity contribution in [3.63, 3.8) is 0 Å². The predicted molar refractivity (Wildman–Crippen MR) is 198 cm³/mol. The van der Waals surface area contributed by atoms with Gasteiger partial charge in [0.15, 0.2) is 0 Å². The van der Waals surface area contributed by atoms with Gasteiger partial charge in [0.05, 0.1) is 30.1 Å². The molecule has 1 saturated heterocycles. The number of carbonyl (C=O) groups is 3. The van der Waals surface area contributed by atoms with E-state index >= 15 is 0 Å². The van der Waals surface area contributed by atoms with Crippen LogP contribution in [-0.2, 0) is 29.0 Å². The van der Waals surface area contributed by atoms with Gasteiger partial charge >= 0.3 is 6.03 Å². The lowest BCUT2D eigenvalue weighted by Crippen LogP contribution is -2.57. The first-order valence-corrected chi connectivity index (χ1v) is 17.7. The number of urea groups is 1. The van der Waals surface area contributed by atoms with Gasteiger partial charge in [0.1, 0.15) is 6.04 Å². The molecule has 268 valence electrons. The average molecular weight is 691 g/mol. The number of aryl methyl sites for hydroxylation is 1. The Morgan fingerprint density at radius 1 is 0.863 bits per heavy atom. The zero-order chi connectivity index (χ0) is 36.5. The van der Waals surface area contributed by atoms with Gasteiger partial charge in [-0.1, -0.05) is 87.5 Å². The zero-order valence-electron chi connectivity index (χ0n) is 30.3. The van der Waals surface area contributed by atoms with Gasteiger partial charge in [-0.05, 0) is 67.0 Å². The molecular formula is C41H50N6O4. The lowest BCUT2D eigenvalue weighted by Gasteiger charge is -2.38. The quantitative estimate of drug-likeness (QED) is 0.164. The molecule has 4 atom stereocenters. The molecule has 0 spiro atoms. The van der Waals surface area contributed by atoms with Gasteiger partial charge in [-0.15, -0.1) is 0 Å². The number of rotatable bonds is 14. The van der Waals surface area contributed by atoms with Crippen LogP contribution in [0.3, 0.4) is 0 Å². The van der Waals surface area contributed by atoms with E-state index in [0.29, 0.717) is 32.5 Å². The van der Waals surface area contributed by atoms with E-state index in [0.717, 1.165) is 33.8 Å². The Labute approximate surface area is 301 Å². The molecule has 2 aromatic heterocycles. The SMILES string of the molecule is CC(=O)NC(Cc1ccc(-c2ccccn2)cc1)C(O)CC(Cc1ccccc1)NC(=O)C(N1CCN(Cc2cccc(C)n2)C1=O)C(C)(C)C. The summed E-state index contributed by atoms with van der Waals surface area (Å²) >= 11 is 0. The van der Waals surface area contributed by atoms with E-state index in [-0.39, 0.29) is 24.3 Å². The second kappa shape index (κ2) is 16.7. The molecule has 4 unspecified atom stereocenters. The predicted octanol–water partition coefficient (Wildman–Crippen LogP) is 5.33. The molecule has 0 radical (unpaired) electrons. The summed E-state index contributed by atoms with van der Waals surface area (Å²) in [6.07, 6.45) is 1.83. The molecule has 3 heterocycles. The molecule has 51 heavy (non-hydrogen) atoms. The van der Waals surface area contributed by atoms with Crippen molar-refractivity contribution >= 4 is 17.8 Å². The lowest BCUT2D eigenvalue weighted by atomic mass is 9.84. The Hall–Kier alpha value is -5.09. The van der Waals surface area contributed by atoms with E-state index < -0.39 is 29.6 Å². The van der Waals surface area contributed by atoms with E-state index in [1.165, 1.54) is 6.92 Å². The van der Waals surface area contributed by atoms with E-state index in [1.54, 1.807) is 16.0 Å². The van der Waals surface area contributed by atoms with Crippen molar-refractivity contribution in [1.29, 1.82) is 0 Å². The largest absolute Gasteiger partial charge is 0.391 e. The van der Waals surface area contributed by atoms with Crippen molar-refractivity contribution in [3.8, 4) is 11.3 Å². The third-order valence-electron chi connectivity index (χ3n) is 9.23. The third-order valence-corrected chi connectivity index (χ3v) is 9.23. The Morgan fingerprint density at radius 3 is 2.22 bits per heavy atom. The topological polar surface area (TPSA) is 128 Å². The molecule has 10 heteroatoms. The molecule has 0 aliphatic carbocycles. The summed E-state index contributed by atoms with van der Waals surface area (Å²) in [7, 11) is 0. The number of benzene rings is 2. The van der Waals surface area contributed by atoms with Crippen molar-refractivity contribution in [2.24, 2.45) is 5.41 Å². The summed E-state index contributed by atoms with van der Waals surface area (Å²) in [5.74, 6) is -0.528. The summed E-state index contributed by atoms with van der Waals surface area (Å²) < 4.78 is 0. The molecule has 4 amide bonds. The molecule has 1 aliphatic heterocycles. The van der Waals surface area contributed by atoms with E-state index in [9.17, 15) is 19.5 Å². The van der Waals surface area contributed by atoms with Gasteiger partial charge in [-0.3, -0.25) is 19.6 Å². The van der Waals surface area contributed by atoms with Crippen molar-refractivity contribution in [2.75, 3.05) is 13.1 Å². The lowest BCUT2D eigenvalue weighted by molar-refractivity contribution is -0.129. The highest BCUT2D eigenvalue weighted by molar-refractivity contribution is 5.89. The first kappa shape index (κ1) is 37.2. The summed E-state index contributed by atoms with van der Waals surface area (Å²) in [6, 6.07) is 27.2. The van der Waals surface area contributed by atoms with Crippen LogP contribution in [0.15, 0.2) is 97.2 Å². The summed E-state index contributed by atoms with van der Waals surface area (Å²) in [5, 5.41) is 17.9. The third kappa shape index (κ3) is 10.2. The minimum atomic E-state index is -0.975. The van der Waals surface area contributed by atoms with Crippen LogP contribution in [0.2, 0.25) is 0 Å². The van der Waals surface area contributed by atoms with Crippen molar-refractivity contribution in [1.82, 2.24) is 30.4 Å². The van der Waals surface area contributed by atoms with E-state index in [4.69, 9.17) is 0 Å². The highest BCUT2D eigenvalue weighted by Crippen LogP contribution is 2.29. The number of aromatic nitrogens is 2. The maximum Gasteiger partial charge on any atom is 0.321 e. The number of aliphatic hydroxyl groups is 1. The van der Waals surface area contributed by atoms with Gasteiger partial charge in [0.25, 0.3) is 0 Å². The smallest absolute Gasteiger partial charge is 0.321 e. The second-order valence-corrected chi connectivity index (χ2v) is 14.6. The van der Waals surface area contributed by atoms with Crippen LogP contribution in [0.25, 0.3) is 11.3 Å². The fraction of sp³-hybridized carbons (Fsp3) is 0.390. The molecule has 0 bridgehead atoms. The van der Waals surface area contributed by atoms with Gasteiger partial charge in [0.2, 0.25) is 11.8 Å². The summed E-state index contributed by atoms with van der Waals surface area (Å²) in [5.41, 5.74) is 4.89. The molecule has 10 nitrogen and oxygen atoms in total. The van der Waals surface area contributed by atoms with Crippen molar-refractivity contribution in [2.45, 2.75) is 84.7 Å². The number of amides is 4. The van der Waals surface area contributed by atoms with Crippen LogP contribution in [0, 0.1) is 12.3 Å². The summed E-state index contributed by atoms with van der Waals surface area (Å²) in [6.45, 7) is 10.5. The van der Waals surface area contributed by atoms with Gasteiger partial charge in [-0.25, -0.2) is 4.79 Å². The number of pyridine rings is 2. The highest BCUT2D eigenvalue weighted by Gasteiger charge is 2.44. The van der Waals surface area contributed by atoms with Crippen molar-refractivity contribution in [3.05, 3.63) is 120 Å². The fourth-order valence-corrected chi connectivity index (χ4v) is 6.84. The second-order valence-electron chi connectivity index (χ2n) is 14.6. The molecule has 1 aliphatic rings. The van der Waals surface area contributed by atoms with Crippen LogP contribution >= 0.6 is 0 Å². The van der Waals surface area contributed by atoms with Crippen LogP contribution in [0.1, 0.15) is 56.6 Å². The molecule has 5 rings (SSSR count). The van der Waals surface area contributed by atoms with Gasteiger partial charge in [-0.2, -0.15) is 0 Å². The first-order valence-electron chi connectivity index (χ1n) is 17.7. The van der Waals surface area contributed by atoms with Crippen molar-refractivity contribution < 1.29 is 19.5 Å². The molecule has 1 fully saturated rings. The Morgan fingerprint density at radius 2 is 1.57 bits per heavy atom. The van der Waals surface area contributed by atoms with E-state index in [1.807, 2.05) is 119 Å². The maximum atomic E-state index is 14.3. The minimum Gasteiger partial charge on any atom is -0.391 e. The van der Waals surface area contributed by atoms with Crippen LogP contribution in [0.4, 0.5) is 4.79 Å². The fourth-order valence-electron chi connectivity index (χ4n) is 6.84. The molecular weight excluding hydrogens is 640 g/mol. The summed E-state index contributed by atoms with van der Waals surface area (Å²) in [4.78, 5) is 52.8. The molecule has 4 aromatic rings. The van der Waals surface area contributed by atoms with E-state index in [2.05, 4.69) is 20.6 Å². The monoisotopic (exact) mass is 690 g/mol. The average Bonchev–Trinajstić information content (AvgIpc) is 3.43. The number of aliphatic hydroxyl groups excluding tert-OH is 1. The first-order chi connectivity index (χ1) is 24.4. The Kier molecular flexibility index (Phi) is 12.2. The highest BCUT2D eigenvalue weighted by atomic mass is 16.3. The van der Waals surface area contributed by atoms with Gasteiger partial charge in [0, 0.05) is 43.5 Å². The molecule has 3 N–H and O–H groups in total. The number of carbonyl (C=O) groups excluding carboxylic acids is 3. The minimum absolute atomic E-state index is 0.188. The maximum absolute atomic E-state index is 14.3. The van der Waals surface area contributed by atoms with Crippen LogP contribution in [0.5, 0.6) is 0 Å². The Balaban J connectivity index is 1.33. The van der Waals surface area contributed by atoms with Crippen LogP contribution < -0.4 is 10.6 Å². The number of nitrogens with zero attached hydrogens (tertiary/aromatic N) is 4. The standard InChI is InChI=1S/C41H50N6O4/c1-28-12-11-15-33(43-28)27-46-22-23-47(40(46)51)38(41(3,4)5)39(50)45-34(24-30-13-7-6-8-14-30)26-37(49)36(44-29(2)48)25-31-17-19-32(20-18-31)35-16-9-10-21-42-35/h6-21,34,36-38,49H,22-27H2,1-5H3,(H,44,48)(H,45,50). The zero-order valence-corrected chi connectivity index (χ0v) is 30.3. The number of hydrogen-bond donors (Lipinski definition) is 3. The van der Waals surface area contributed by atoms with Gasteiger partial charge < -0.3 is 25.5 Å². The van der Waals surface area contributed by atoms with Crippen LogP contribution in [-0.4, -0.2) is 80.0 Å². The molecule has 0 saturated carbocycles. The normalized spacial score (nSPS) is 15.6. The molecule has 2 aromatic carbocycles. The number of hydrogen-bond acceptors (Lipinski definition) is 6. The Bertz CT molecular complexity index is 1760.